The number of aromatic nitrogens is 1. The van der Waals surface area contributed by atoms with Crippen molar-refractivity contribution >= 4 is 60.8 Å². The zero-order valence-corrected chi connectivity index (χ0v) is 34.4. The molecule has 0 N–H and O–H groups in total. The third-order valence-corrected chi connectivity index (χ3v) is 12.4. The van der Waals surface area contributed by atoms with Crippen LogP contribution >= 0.6 is 0 Å². The Morgan fingerprint density at radius 3 is 1.59 bits per heavy atom. The van der Waals surface area contributed by atoms with Crippen molar-refractivity contribution in [2.45, 2.75) is 0 Å². The Morgan fingerprint density at radius 2 is 0.825 bits per heavy atom. The van der Waals surface area contributed by atoms with Crippen molar-refractivity contribution in [2.24, 2.45) is 0 Å². The minimum absolute atomic E-state index is 0.879. The van der Waals surface area contributed by atoms with E-state index in [-0.39, 0.29) is 0 Å². The highest BCUT2D eigenvalue weighted by Crippen LogP contribution is 2.48. The number of hydrogen-bond donors (Lipinski definition) is 0. The largest absolute Gasteiger partial charge is 0.455 e. The molecule has 63 heavy (non-hydrogen) atoms. The monoisotopic (exact) mass is 804 g/mol. The molecule has 0 amide bonds. The first-order chi connectivity index (χ1) is 31.3. The highest BCUT2D eigenvalue weighted by Gasteiger charge is 2.24. The molecule has 3 nitrogen and oxygen atoms in total. The van der Waals surface area contributed by atoms with Crippen LogP contribution in [-0.4, -0.2) is 4.57 Å². The van der Waals surface area contributed by atoms with Crippen LogP contribution in [0.15, 0.2) is 247 Å². The molecule has 10 aromatic carbocycles. The summed E-state index contributed by atoms with van der Waals surface area (Å²) in [6.45, 7) is 0. The molecule has 2 heterocycles. The Balaban J connectivity index is 1.08. The molecule has 0 saturated carbocycles. The minimum Gasteiger partial charge on any atom is -0.455 e. The lowest BCUT2D eigenvalue weighted by Gasteiger charge is -2.30. The maximum Gasteiger partial charge on any atom is 0.143 e. The van der Waals surface area contributed by atoms with Crippen LogP contribution in [0.25, 0.3) is 93.9 Å². The van der Waals surface area contributed by atoms with Gasteiger partial charge in [-0.1, -0.05) is 194 Å². The minimum atomic E-state index is 0.879. The number of rotatable bonds is 8. The smallest absolute Gasteiger partial charge is 0.143 e. The molecule has 0 aliphatic heterocycles. The van der Waals surface area contributed by atoms with Gasteiger partial charge in [0.05, 0.1) is 28.1 Å². The van der Waals surface area contributed by atoms with Crippen LogP contribution in [0, 0.1) is 0 Å². The van der Waals surface area contributed by atoms with Crippen molar-refractivity contribution in [3.63, 3.8) is 0 Å². The molecule has 3 heteroatoms. The molecule has 0 unspecified atom stereocenters. The first kappa shape index (κ1) is 36.5. The fourth-order valence-electron chi connectivity index (χ4n) is 9.56. The molecule has 0 aliphatic rings. The van der Waals surface area contributed by atoms with Crippen molar-refractivity contribution in [3.05, 3.63) is 243 Å². The SMILES string of the molecule is c1ccc(-c2ccc(-c3ccccc3N(c3cccc(-c4ccccc4-n4c5ccccc5c5ccccc54)c3)c3ccccc3-c3cccc4c3oc3ccccc34)cc2)cc1. The molecule has 12 aromatic rings. The standard InChI is InChI=1S/C60H40N2O/c1-2-18-41(19-3-1)42-36-38-43(39-37-42)46-22-4-10-30-54(46)61(56-32-12-8-26-50(56)52-28-17-29-53-51-27-9-15-35-59(51)63-60(52)53)45-21-16-20-44(40-45)47-23-5-11-31-55(47)62-57-33-13-6-24-48(57)49-25-7-14-34-58(49)62/h1-40H. The van der Waals surface area contributed by atoms with E-state index in [0.717, 1.165) is 78.1 Å². The molecule has 0 saturated heterocycles. The van der Waals surface area contributed by atoms with Gasteiger partial charge in [-0.25, -0.2) is 0 Å². The topological polar surface area (TPSA) is 21.3 Å². The molecule has 2 aromatic heterocycles. The lowest BCUT2D eigenvalue weighted by atomic mass is 9.96. The van der Waals surface area contributed by atoms with E-state index in [9.17, 15) is 0 Å². The Morgan fingerprint density at radius 1 is 0.317 bits per heavy atom. The van der Waals surface area contributed by atoms with Crippen LogP contribution in [0.4, 0.5) is 17.1 Å². The van der Waals surface area contributed by atoms with E-state index < -0.39 is 0 Å². The van der Waals surface area contributed by atoms with Gasteiger partial charge in [-0.05, 0) is 70.8 Å². The summed E-state index contributed by atoms with van der Waals surface area (Å²) in [5.41, 5.74) is 17.5. The second-order valence-corrected chi connectivity index (χ2v) is 16.0. The fourth-order valence-corrected chi connectivity index (χ4v) is 9.56. The first-order valence-corrected chi connectivity index (χ1v) is 21.5. The number of nitrogens with zero attached hydrogens (tertiary/aromatic N) is 2. The molecule has 12 rings (SSSR count). The summed E-state index contributed by atoms with van der Waals surface area (Å²) in [6, 6.07) is 87.1. The number of fused-ring (bicyclic) bond motifs is 6. The van der Waals surface area contributed by atoms with Gasteiger partial charge in [-0.3, -0.25) is 0 Å². The van der Waals surface area contributed by atoms with E-state index >= 15 is 0 Å². The van der Waals surface area contributed by atoms with Crippen LogP contribution in [0.5, 0.6) is 0 Å². The van der Waals surface area contributed by atoms with Crippen molar-refractivity contribution in [3.8, 4) is 50.2 Å². The molecule has 0 fully saturated rings. The Bertz CT molecular complexity index is 3580. The number of furan rings is 1. The number of para-hydroxylation sites is 7. The molecular weight excluding hydrogens is 765 g/mol. The van der Waals surface area contributed by atoms with Gasteiger partial charge in [-0.15, -0.1) is 0 Å². The first-order valence-electron chi connectivity index (χ1n) is 21.5. The van der Waals surface area contributed by atoms with E-state index in [1.807, 2.05) is 6.07 Å². The molecule has 0 bridgehead atoms. The second kappa shape index (κ2) is 15.3. The molecular formula is C60H40N2O. The van der Waals surface area contributed by atoms with Gasteiger partial charge in [0.25, 0.3) is 0 Å². The predicted molar refractivity (Wildman–Crippen MR) is 264 cm³/mol. The third-order valence-electron chi connectivity index (χ3n) is 12.4. The van der Waals surface area contributed by atoms with Crippen LogP contribution < -0.4 is 4.90 Å². The summed E-state index contributed by atoms with van der Waals surface area (Å²) in [7, 11) is 0. The van der Waals surface area contributed by atoms with Crippen LogP contribution in [0.2, 0.25) is 0 Å². The fraction of sp³-hybridized carbons (Fsp3) is 0. The zero-order valence-electron chi connectivity index (χ0n) is 34.4. The second-order valence-electron chi connectivity index (χ2n) is 16.0. The van der Waals surface area contributed by atoms with E-state index in [0.29, 0.717) is 0 Å². The summed E-state index contributed by atoms with van der Waals surface area (Å²) in [5.74, 6) is 0. The van der Waals surface area contributed by atoms with E-state index in [1.165, 1.54) is 32.9 Å². The van der Waals surface area contributed by atoms with Gasteiger partial charge in [0.15, 0.2) is 0 Å². The summed E-state index contributed by atoms with van der Waals surface area (Å²) in [4.78, 5) is 2.43. The van der Waals surface area contributed by atoms with Gasteiger partial charge < -0.3 is 13.9 Å². The molecule has 0 spiro atoms. The van der Waals surface area contributed by atoms with Gasteiger partial charge in [0.2, 0.25) is 0 Å². The molecule has 296 valence electrons. The lowest BCUT2D eigenvalue weighted by Crippen LogP contribution is -2.12. The average molecular weight is 805 g/mol. The quantitative estimate of drug-likeness (QED) is 0.153. The third kappa shape index (κ3) is 6.21. The highest BCUT2D eigenvalue weighted by molar-refractivity contribution is 6.12. The zero-order chi connectivity index (χ0) is 41.7. The van der Waals surface area contributed by atoms with Gasteiger partial charge in [-0.2, -0.15) is 0 Å². The van der Waals surface area contributed by atoms with Gasteiger partial charge in [0.1, 0.15) is 11.2 Å². The summed E-state index contributed by atoms with van der Waals surface area (Å²) >= 11 is 0. The van der Waals surface area contributed by atoms with E-state index in [2.05, 4.69) is 246 Å². The maximum atomic E-state index is 6.69. The maximum absolute atomic E-state index is 6.69. The molecule has 0 atom stereocenters. The number of hydrogen-bond acceptors (Lipinski definition) is 2. The number of anilines is 3. The van der Waals surface area contributed by atoms with E-state index in [4.69, 9.17) is 4.42 Å². The summed E-state index contributed by atoms with van der Waals surface area (Å²) in [6.07, 6.45) is 0. The summed E-state index contributed by atoms with van der Waals surface area (Å²) < 4.78 is 9.11. The Labute approximate surface area is 366 Å². The van der Waals surface area contributed by atoms with Crippen molar-refractivity contribution in [1.82, 2.24) is 4.57 Å². The molecule has 0 aliphatic carbocycles. The normalized spacial score (nSPS) is 11.5. The van der Waals surface area contributed by atoms with Gasteiger partial charge >= 0.3 is 0 Å². The van der Waals surface area contributed by atoms with E-state index in [1.54, 1.807) is 0 Å². The van der Waals surface area contributed by atoms with Crippen LogP contribution in [-0.2, 0) is 0 Å². The van der Waals surface area contributed by atoms with Crippen molar-refractivity contribution < 1.29 is 4.42 Å². The Hall–Kier alpha value is -8.40. The summed E-state index contributed by atoms with van der Waals surface area (Å²) in [5, 5.41) is 4.70. The highest BCUT2D eigenvalue weighted by atomic mass is 16.3. The molecule has 0 radical (unpaired) electrons. The average Bonchev–Trinajstić information content (AvgIpc) is 3.91. The Kier molecular flexibility index (Phi) is 8.83. The lowest BCUT2D eigenvalue weighted by molar-refractivity contribution is 0.670. The predicted octanol–water partition coefficient (Wildman–Crippen LogP) is 16.8. The van der Waals surface area contributed by atoms with Crippen LogP contribution in [0.1, 0.15) is 0 Å². The van der Waals surface area contributed by atoms with Crippen molar-refractivity contribution in [2.75, 3.05) is 4.90 Å². The van der Waals surface area contributed by atoms with Gasteiger partial charge in [0, 0.05) is 49.5 Å². The number of benzene rings is 10. The van der Waals surface area contributed by atoms with Crippen molar-refractivity contribution in [1.29, 1.82) is 0 Å². The van der Waals surface area contributed by atoms with Crippen LogP contribution in [0.3, 0.4) is 0 Å².